The van der Waals surface area contributed by atoms with Crippen LogP contribution in [0, 0.1) is 0 Å². The Balaban J connectivity index is 1.72. The predicted molar refractivity (Wildman–Crippen MR) is 109 cm³/mol. The average Bonchev–Trinajstić information content (AvgIpc) is 2.59. The van der Waals surface area contributed by atoms with Gasteiger partial charge < -0.3 is 0 Å². The van der Waals surface area contributed by atoms with Crippen molar-refractivity contribution in [3.8, 4) is 0 Å². The van der Waals surface area contributed by atoms with Crippen molar-refractivity contribution in [2.45, 2.75) is 96.3 Å². The van der Waals surface area contributed by atoms with Gasteiger partial charge in [-0.15, -0.1) is 0 Å². The summed E-state index contributed by atoms with van der Waals surface area (Å²) in [6.45, 7) is 0. The van der Waals surface area contributed by atoms with E-state index in [1.165, 1.54) is 107 Å². The summed E-state index contributed by atoms with van der Waals surface area (Å²) in [6.07, 6.45) is 21.3. The molecule has 1 aromatic rings. The molecule has 0 amide bonds. The lowest BCUT2D eigenvalue weighted by Gasteiger charge is -2.04. The van der Waals surface area contributed by atoms with Gasteiger partial charge in [-0.1, -0.05) is 123 Å². The molecule has 0 saturated heterocycles. The van der Waals surface area contributed by atoms with Crippen LogP contribution in [0.4, 0.5) is 0 Å². The Kier molecular flexibility index (Phi) is 14.9. The molecular weight excluding hydrogens is 344 g/mol. The second-order valence-corrected chi connectivity index (χ2v) is 7.67. The Morgan fingerprint density at radius 3 is 1.30 bits per heavy atom. The van der Waals surface area contributed by atoms with Crippen molar-refractivity contribution in [3.63, 3.8) is 0 Å². The highest BCUT2D eigenvalue weighted by molar-refractivity contribution is 9.09. The number of rotatable bonds is 16. The standard InChI is InChI=1S/C22H37Br/c23-21-17-12-10-8-6-4-2-1-3-5-7-9-11-14-18-22-19-15-13-16-20-22/h13,15-16,19-20H,1-12,14,17-18,21H2. The molecule has 132 valence electrons. The maximum absolute atomic E-state index is 3.50. The first kappa shape index (κ1) is 20.7. The highest BCUT2D eigenvalue weighted by Crippen LogP contribution is 2.14. The summed E-state index contributed by atoms with van der Waals surface area (Å²) in [5.74, 6) is 0. The van der Waals surface area contributed by atoms with E-state index in [1.807, 2.05) is 0 Å². The van der Waals surface area contributed by atoms with Gasteiger partial charge in [0.1, 0.15) is 0 Å². The number of hydrogen-bond donors (Lipinski definition) is 0. The molecule has 1 heteroatoms. The second-order valence-electron chi connectivity index (χ2n) is 6.87. The maximum atomic E-state index is 3.50. The molecule has 0 aromatic heterocycles. The Morgan fingerprint density at radius 1 is 0.478 bits per heavy atom. The van der Waals surface area contributed by atoms with E-state index in [1.54, 1.807) is 0 Å². The van der Waals surface area contributed by atoms with E-state index < -0.39 is 0 Å². The summed E-state index contributed by atoms with van der Waals surface area (Å²) < 4.78 is 0. The molecule has 0 N–H and O–H groups in total. The molecule has 0 nitrogen and oxygen atoms in total. The van der Waals surface area contributed by atoms with Gasteiger partial charge in [0.15, 0.2) is 0 Å². The summed E-state index contributed by atoms with van der Waals surface area (Å²) in [5, 5.41) is 1.18. The minimum Gasteiger partial charge on any atom is -0.0928 e. The second kappa shape index (κ2) is 16.6. The average molecular weight is 381 g/mol. The van der Waals surface area contributed by atoms with Crippen LogP contribution in [0.25, 0.3) is 0 Å². The van der Waals surface area contributed by atoms with E-state index in [-0.39, 0.29) is 0 Å². The molecule has 1 rings (SSSR count). The molecule has 0 spiro atoms. The number of halogens is 1. The van der Waals surface area contributed by atoms with Gasteiger partial charge in [-0.05, 0) is 24.8 Å². The Morgan fingerprint density at radius 2 is 0.870 bits per heavy atom. The molecule has 0 fully saturated rings. The van der Waals surface area contributed by atoms with E-state index >= 15 is 0 Å². The predicted octanol–water partition coefficient (Wildman–Crippen LogP) is 8.09. The molecule has 0 atom stereocenters. The van der Waals surface area contributed by atoms with Gasteiger partial charge in [0.05, 0.1) is 0 Å². The van der Waals surface area contributed by atoms with E-state index in [2.05, 4.69) is 46.3 Å². The van der Waals surface area contributed by atoms with Crippen LogP contribution in [0.15, 0.2) is 30.3 Å². The van der Waals surface area contributed by atoms with E-state index in [0.29, 0.717) is 0 Å². The van der Waals surface area contributed by atoms with Gasteiger partial charge in [-0.3, -0.25) is 0 Å². The van der Waals surface area contributed by atoms with Crippen molar-refractivity contribution in [1.82, 2.24) is 0 Å². The van der Waals surface area contributed by atoms with Crippen molar-refractivity contribution in [3.05, 3.63) is 35.9 Å². The minimum absolute atomic E-state index is 1.18. The van der Waals surface area contributed by atoms with Gasteiger partial charge >= 0.3 is 0 Å². The molecule has 0 unspecified atom stereocenters. The highest BCUT2D eigenvalue weighted by Gasteiger charge is 1.95. The summed E-state index contributed by atoms with van der Waals surface area (Å²) >= 11 is 3.50. The molecule has 0 bridgehead atoms. The third kappa shape index (κ3) is 13.8. The summed E-state index contributed by atoms with van der Waals surface area (Å²) in [4.78, 5) is 0. The van der Waals surface area contributed by atoms with Crippen LogP contribution in [0.2, 0.25) is 0 Å². The molecule has 0 aliphatic rings. The fourth-order valence-electron chi connectivity index (χ4n) is 3.19. The lowest BCUT2D eigenvalue weighted by molar-refractivity contribution is 0.536. The third-order valence-corrected chi connectivity index (χ3v) is 5.25. The van der Waals surface area contributed by atoms with Gasteiger partial charge in [0.25, 0.3) is 0 Å². The molecule has 0 saturated carbocycles. The zero-order chi connectivity index (χ0) is 16.4. The zero-order valence-electron chi connectivity index (χ0n) is 15.1. The van der Waals surface area contributed by atoms with Crippen molar-refractivity contribution < 1.29 is 0 Å². The normalized spacial score (nSPS) is 11.0. The number of unbranched alkanes of at least 4 members (excludes halogenated alkanes) is 13. The number of hydrogen-bond acceptors (Lipinski definition) is 0. The first-order valence-corrected chi connectivity index (χ1v) is 11.2. The van der Waals surface area contributed by atoms with Gasteiger partial charge in [-0.25, -0.2) is 0 Å². The van der Waals surface area contributed by atoms with Crippen molar-refractivity contribution >= 4 is 15.9 Å². The van der Waals surface area contributed by atoms with Crippen LogP contribution in [-0.2, 0) is 6.42 Å². The quantitative estimate of drug-likeness (QED) is 0.200. The first-order chi connectivity index (χ1) is 11.4. The van der Waals surface area contributed by atoms with Crippen molar-refractivity contribution in [2.75, 3.05) is 5.33 Å². The molecular formula is C22H37Br. The van der Waals surface area contributed by atoms with Crippen LogP contribution < -0.4 is 0 Å². The molecule has 0 radical (unpaired) electrons. The third-order valence-electron chi connectivity index (χ3n) is 4.69. The van der Waals surface area contributed by atoms with E-state index in [0.717, 1.165) is 0 Å². The van der Waals surface area contributed by atoms with Crippen LogP contribution in [-0.4, -0.2) is 5.33 Å². The lowest BCUT2D eigenvalue weighted by atomic mass is 10.0. The Labute approximate surface area is 153 Å². The molecule has 23 heavy (non-hydrogen) atoms. The van der Waals surface area contributed by atoms with Gasteiger partial charge in [0, 0.05) is 5.33 Å². The van der Waals surface area contributed by atoms with Gasteiger partial charge in [-0.2, -0.15) is 0 Å². The summed E-state index contributed by atoms with van der Waals surface area (Å²) in [6, 6.07) is 10.9. The summed E-state index contributed by atoms with van der Waals surface area (Å²) in [5.41, 5.74) is 1.50. The fraction of sp³-hybridized carbons (Fsp3) is 0.727. The topological polar surface area (TPSA) is 0 Å². The fourth-order valence-corrected chi connectivity index (χ4v) is 3.59. The van der Waals surface area contributed by atoms with Crippen LogP contribution >= 0.6 is 15.9 Å². The van der Waals surface area contributed by atoms with Crippen molar-refractivity contribution in [1.29, 1.82) is 0 Å². The zero-order valence-corrected chi connectivity index (χ0v) is 16.7. The molecule has 0 aliphatic heterocycles. The largest absolute Gasteiger partial charge is 0.0928 e. The smallest absolute Gasteiger partial charge is 0.00313 e. The van der Waals surface area contributed by atoms with Crippen molar-refractivity contribution in [2.24, 2.45) is 0 Å². The summed E-state index contributed by atoms with van der Waals surface area (Å²) in [7, 11) is 0. The van der Waals surface area contributed by atoms with Gasteiger partial charge in [0.2, 0.25) is 0 Å². The van der Waals surface area contributed by atoms with E-state index in [9.17, 15) is 0 Å². The minimum atomic E-state index is 1.18. The van der Waals surface area contributed by atoms with Crippen LogP contribution in [0.1, 0.15) is 95.5 Å². The molecule has 1 aromatic carbocycles. The molecule has 0 aliphatic carbocycles. The molecule has 0 heterocycles. The number of aryl methyl sites for hydroxylation is 1. The number of alkyl halides is 1. The first-order valence-electron chi connectivity index (χ1n) is 10.0. The SMILES string of the molecule is BrCCCCCCCCCCCCCCCCc1ccccc1. The maximum Gasteiger partial charge on any atom is 0.00313 e. The highest BCUT2D eigenvalue weighted by atomic mass is 79.9. The van der Waals surface area contributed by atoms with Crippen LogP contribution in [0.5, 0.6) is 0 Å². The van der Waals surface area contributed by atoms with Crippen LogP contribution in [0.3, 0.4) is 0 Å². The van der Waals surface area contributed by atoms with E-state index in [4.69, 9.17) is 0 Å². The lowest BCUT2D eigenvalue weighted by Crippen LogP contribution is -1.86. The Hall–Kier alpha value is -0.300. The number of benzene rings is 1. The Bertz CT molecular complexity index is 333. The monoisotopic (exact) mass is 380 g/mol.